The zero-order valence-electron chi connectivity index (χ0n) is 7.94. The number of hydrogen-bond donors (Lipinski definition) is 2. The molecule has 2 N–H and O–H groups in total. The van der Waals surface area contributed by atoms with E-state index in [2.05, 4.69) is 0 Å². The minimum absolute atomic E-state index is 0.127. The highest BCUT2D eigenvalue weighted by Gasteiger charge is 1.99. The summed E-state index contributed by atoms with van der Waals surface area (Å²) in [4.78, 5) is 10.3. The van der Waals surface area contributed by atoms with Gasteiger partial charge in [0, 0.05) is 13.0 Å². The Morgan fingerprint density at radius 3 is 2.43 bits per heavy atom. The quantitative estimate of drug-likeness (QED) is 0.741. The minimum atomic E-state index is -0.780. The number of aliphatic carboxylic acids is 1. The third-order valence-electron chi connectivity index (χ3n) is 2.02. The molecule has 0 bridgehead atoms. The van der Waals surface area contributed by atoms with Gasteiger partial charge in [-0.05, 0) is 24.0 Å². The van der Waals surface area contributed by atoms with Gasteiger partial charge in [-0.25, -0.2) is 0 Å². The summed E-state index contributed by atoms with van der Waals surface area (Å²) in [6, 6.07) is 7.67. The van der Waals surface area contributed by atoms with Gasteiger partial charge in [0.2, 0.25) is 0 Å². The van der Waals surface area contributed by atoms with Crippen LogP contribution in [-0.2, 0) is 17.6 Å². The summed E-state index contributed by atoms with van der Waals surface area (Å²) in [6.07, 6.45) is 1.33. The molecule has 0 fully saturated rings. The van der Waals surface area contributed by atoms with Gasteiger partial charge >= 0.3 is 5.97 Å². The molecule has 0 spiro atoms. The van der Waals surface area contributed by atoms with Crippen LogP contribution < -0.4 is 0 Å². The molecular formula is C11H14O3. The third kappa shape index (κ3) is 3.58. The Balaban J connectivity index is 2.58. The maximum atomic E-state index is 10.3. The Morgan fingerprint density at radius 2 is 1.86 bits per heavy atom. The second kappa shape index (κ2) is 5.40. The van der Waals surface area contributed by atoms with Crippen LogP contribution in [0.4, 0.5) is 0 Å². The van der Waals surface area contributed by atoms with Crippen molar-refractivity contribution in [3.63, 3.8) is 0 Å². The zero-order valence-corrected chi connectivity index (χ0v) is 7.94. The van der Waals surface area contributed by atoms with E-state index in [0.717, 1.165) is 11.1 Å². The predicted octanol–water partition coefficient (Wildman–Crippen LogP) is 1.24. The SMILES string of the molecule is O=C(O)CCc1cccc(CCO)c1. The van der Waals surface area contributed by atoms with Gasteiger partial charge in [-0.15, -0.1) is 0 Å². The minimum Gasteiger partial charge on any atom is -0.481 e. The van der Waals surface area contributed by atoms with Gasteiger partial charge in [-0.2, -0.15) is 0 Å². The molecule has 3 heteroatoms. The van der Waals surface area contributed by atoms with Gasteiger partial charge < -0.3 is 10.2 Å². The molecule has 0 radical (unpaired) electrons. The molecule has 0 saturated carbocycles. The number of carbonyl (C=O) groups is 1. The Morgan fingerprint density at radius 1 is 1.21 bits per heavy atom. The van der Waals surface area contributed by atoms with Gasteiger partial charge in [0.25, 0.3) is 0 Å². The van der Waals surface area contributed by atoms with Crippen molar-refractivity contribution in [2.45, 2.75) is 19.3 Å². The number of aliphatic hydroxyl groups excluding tert-OH is 1. The maximum absolute atomic E-state index is 10.3. The fraction of sp³-hybridized carbons (Fsp3) is 0.364. The molecule has 1 aromatic carbocycles. The second-order valence-electron chi connectivity index (χ2n) is 3.19. The first-order chi connectivity index (χ1) is 6.72. The van der Waals surface area contributed by atoms with Crippen LogP contribution in [0.3, 0.4) is 0 Å². The molecule has 0 aromatic heterocycles. The summed E-state index contributed by atoms with van der Waals surface area (Å²) in [6.45, 7) is 0.127. The van der Waals surface area contributed by atoms with E-state index in [1.807, 2.05) is 24.3 Å². The van der Waals surface area contributed by atoms with Crippen molar-refractivity contribution in [3.8, 4) is 0 Å². The molecule has 0 saturated heterocycles. The van der Waals surface area contributed by atoms with Crippen molar-refractivity contribution < 1.29 is 15.0 Å². The van der Waals surface area contributed by atoms with Gasteiger partial charge in [0.1, 0.15) is 0 Å². The average Bonchev–Trinajstić information content (AvgIpc) is 2.16. The topological polar surface area (TPSA) is 57.5 Å². The molecule has 76 valence electrons. The summed E-state index contributed by atoms with van der Waals surface area (Å²) in [5, 5.41) is 17.2. The third-order valence-corrected chi connectivity index (χ3v) is 2.02. The highest BCUT2D eigenvalue weighted by atomic mass is 16.4. The first-order valence-electron chi connectivity index (χ1n) is 4.63. The summed E-state index contributed by atoms with van der Waals surface area (Å²) in [5.41, 5.74) is 2.06. The summed E-state index contributed by atoms with van der Waals surface area (Å²) >= 11 is 0. The van der Waals surface area contributed by atoms with E-state index in [9.17, 15) is 4.79 Å². The molecule has 0 aliphatic heterocycles. The first kappa shape index (κ1) is 10.7. The largest absolute Gasteiger partial charge is 0.481 e. The van der Waals surface area contributed by atoms with Crippen LogP contribution in [0.2, 0.25) is 0 Å². The highest BCUT2D eigenvalue weighted by molar-refractivity contribution is 5.67. The van der Waals surface area contributed by atoms with Crippen LogP contribution in [0.25, 0.3) is 0 Å². The van der Waals surface area contributed by atoms with E-state index in [1.165, 1.54) is 0 Å². The van der Waals surface area contributed by atoms with Crippen molar-refractivity contribution in [2.24, 2.45) is 0 Å². The molecule has 0 heterocycles. The van der Waals surface area contributed by atoms with E-state index in [1.54, 1.807) is 0 Å². The van der Waals surface area contributed by atoms with Crippen LogP contribution in [0.5, 0.6) is 0 Å². The zero-order chi connectivity index (χ0) is 10.4. The number of aryl methyl sites for hydroxylation is 1. The van der Waals surface area contributed by atoms with Gasteiger partial charge in [0.05, 0.1) is 0 Å². The van der Waals surface area contributed by atoms with Gasteiger partial charge in [-0.1, -0.05) is 24.3 Å². The summed E-state index contributed by atoms with van der Waals surface area (Å²) in [5.74, 6) is -0.780. The first-order valence-corrected chi connectivity index (χ1v) is 4.63. The summed E-state index contributed by atoms with van der Waals surface area (Å²) < 4.78 is 0. The molecule has 0 amide bonds. The Kier molecular flexibility index (Phi) is 4.13. The van der Waals surface area contributed by atoms with Crippen molar-refractivity contribution in [1.82, 2.24) is 0 Å². The number of hydrogen-bond acceptors (Lipinski definition) is 2. The van der Waals surface area contributed by atoms with Crippen molar-refractivity contribution in [1.29, 1.82) is 0 Å². The lowest BCUT2D eigenvalue weighted by molar-refractivity contribution is -0.136. The number of benzene rings is 1. The molecule has 0 unspecified atom stereocenters. The lowest BCUT2D eigenvalue weighted by Crippen LogP contribution is -1.98. The smallest absolute Gasteiger partial charge is 0.303 e. The number of carboxylic acids is 1. The molecule has 0 atom stereocenters. The van der Waals surface area contributed by atoms with Crippen LogP contribution >= 0.6 is 0 Å². The Hall–Kier alpha value is -1.35. The van der Waals surface area contributed by atoms with Gasteiger partial charge in [-0.3, -0.25) is 4.79 Å². The van der Waals surface area contributed by atoms with Crippen molar-refractivity contribution in [2.75, 3.05) is 6.61 Å². The van der Waals surface area contributed by atoms with Gasteiger partial charge in [0.15, 0.2) is 0 Å². The molecule has 0 aliphatic rings. The number of rotatable bonds is 5. The second-order valence-corrected chi connectivity index (χ2v) is 3.19. The van der Waals surface area contributed by atoms with E-state index in [0.29, 0.717) is 12.8 Å². The van der Waals surface area contributed by atoms with Crippen molar-refractivity contribution in [3.05, 3.63) is 35.4 Å². The van der Waals surface area contributed by atoms with E-state index in [-0.39, 0.29) is 13.0 Å². The average molecular weight is 194 g/mol. The van der Waals surface area contributed by atoms with Crippen LogP contribution in [0.1, 0.15) is 17.5 Å². The highest BCUT2D eigenvalue weighted by Crippen LogP contribution is 2.08. The molecule has 3 nitrogen and oxygen atoms in total. The molecule has 14 heavy (non-hydrogen) atoms. The fourth-order valence-electron chi connectivity index (χ4n) is 1.32. The van der Waals surface area contributed by atoms with Crippen LogP contribution in [0.15, 0.2) is 24.3 Å². The van der Waals surface area contributed by atoms with Crippen LogP contribution in [-0.4, -0.2) is 22.8 Å². The monoisotopic (exact) mass is 194 g/mol. The van der Waals surface area contributed by atoms with Crippen LogP contribution in [0, 0.1) is 0 Å². The normalized spacial score (nSPS) is 10.1. The molecule has 1 aromatic rings. The van der Waals surface area contributed by atoms with E-state index in [4.69, 9.17) is 10.2 Å². The number of aliphatic hydroxyl groups is 1. The fourth-order valence-corrected chi connectivity index (χ4v) is 1.32. The Bertz CT molecular complexity index is 307. The van der Waals surface area contributed by atoms with Crippen molar-refractivity contribution >= 4 is 5.97 Å². The lowest BCUT2D eigenvalue weighted by Gasteiger charge is -2.02. The number of carboxylic acid groups (broad SMARTS) is 1. The summed E-state index contributed by atoms with van der Waals surface area (Å²) in [7, 11) is 0. The lowest BCUT2D eigenvalue weighted by atomic mass is 10.0. The van der Waals surface area contributed by atoms with E-state index < -0.39 is 5.97 Å². The predicted molar refractivity (Wildman–Crippen MR) is 53.2 cm³/mol. The van der Waals surface area contributed by atoms with E-state index >= 15 is 0 Å². The molecular weight excluding hydrogens is 180 g/mol. The Labute approximate surface area is 83.0 Å². The maximum Gasteiger partial charge on any atom is 0.303 e. The standard InChI is InChI=1S/C11H14O3/c12-7-6-10-3-1-2-9(8-10)4-5-11(13)14/h1-3,8,12H,4-7H2,(H,13,14). The molecule has 1 rings (SSSR count). The molecule has 0 aliphatic carbocycles.